The van der Waals surface area contributed by atoms with Gasteiger partial charge < -0.3 is 25.0 Å². The molecule has 4 aromatic rings. The minimum Gasteiger partial charge on any atom is -0.406 e. The number of aliphatic hydroxyl groups excluding tert-OH is 1. The average Bonchev–Trinajstić information content (AvgIpc) is 2.94. The monoisotopic (exact) mass is 511 g/mol. The number of aliphatic hydroxyl groups is 1. The first-order valence-electron chi connectivity index (χ1n) is 12.0. The Balaban J connectivity index is 1.44. The Morgan fingerprint density at radius 2 is 1.63 bits per heavy atom. The number of rotatable bonds is 8. The van der Waals surface area contributed by atoms with Crippen LogP contribution in [0.25, 0.3) is 11.3 Å². The molecule has 9 nitrogen and oxygen atoms in total. The van der Waals surface area contributed by atoms with Crippen molar-refractivity contribution < 1.29 is 19.4 Å². The van der Waals surface area contributed by atoms with Crippen LogP contribution < -0.4 is 15.0 Å². The molecule has 0 spiro atoms. The van der Waals surface area contributed by atoms with Gasteiger partial charge in [-0.1, -0.05) is 60.7 Å². The average molecular weight is 512 g/mol. The van der Waals surface area contributed by atoms with Gasteiger partial charge in [0.1, 0.15) is 5.69 Å². The number of carbonyl (C=O) groups is 2. The molecular formula is C29H29N5O4. The highest BCUT2D eigenvalue weighted by Crippen LogP contribution is 2.29. The molecular weight excluding hydrogens is 482 g/mol. The van der Waals surface area contributed by atoms with Crippen LogP contribution in [-0.4, -0.2) is 59.7 Å². The van der Waals surface area contributed by atoms with Crippen LogP contribution in [0.15, 0.2) is 91.1 Å². The van der Waals surface area contributed by atoms with Gasteiger partial charge in [-0.3, -0.25) is 4.79 Å². The molecule has 1 atom stereocenters. The molecule has 194 valence electrons. The van der Waals surface area contributed by atoms with Gasteiger partial charge >= 0.3 is 6.09 Å². The van der Waals surface area contributed by atoms with E-state index in [2.05, 4.69) is 15.3 Å². The molecule has 38 heavy (non-hydrogen) atoms. The van der Waals surface area contributed by atoms with Gasteiger partial charge in [0.15, 0.2) is 5.75 Å². The molecule has 0 radical (unpaired) electrons. The van der Waals surface area contributed by atoms with Crippen LogP contribution in [-0.2, 0) is 0 Å². The van der Waals surface area contributed by atoms with E-state index >= 15 is 0 Å². The zero-order valence-corrected chi connectivity index (χ0v) is 21.4. The fraction of sp³-hybridized carbons (Fsp3) is 0.172. The largest absolute Gasteiger partial charge is 0.415 e. The molecule has 2 amide bonds. The fourth-order valence-electron chi connectivity index (χ4n) is 3.68. The Labute approximate surface area is 221 Å². The number of nitrogens with zero attached hydrogens (tertiary/aromatic N) is 4. The van der Waals surface area contributed by atoms with Crippen molar-refractivity contribution in [3.63, 3.8) is 0 Å². The van der Waals surface area contributed by atoms with Gasteiger partial charge in [-0.25, -0.2) is 14.8 Å². The van der Waals surface area contributed by atoms with E-state index in [0.717, 1.165) is 5.56 Å². The maximum absolute atomic E-state index is 12.9. The predicted molar refractivity (Wildman–Crippen MR) is 146 cm³/mol. The third kappa shape index (κ3) is 6.51. The van der Waals surface area contributed by atoms with Crippen molar-refractivity contribution in [2.75, 3.05) is 37.9 Å². The van der Waals surface area contributed by atoms with E-state index in [9.17, 15) is 14.7 Å². The normalized spacial score (nSPS) is 11.4. The van der Waals surface area contributed by atoms with E-state index in [0.29, 0.717) is 28.5 Å². The SMILES string of the molecule is CN(CC(O)c1cccc(NC(=O)c2ccccc2)c1)C(=O)Oc1cnc(N(C)C)nc1-c1ccccc1. The number of amides is 2. The number of hydrogen-bond acceptors (Lipinski definition) is 7. The Kier molecular flexibility index (Phi) is 8.30. The Morgan fingerprint density at radius 1 is 0.947 bits per heavy atom. The summed E-state index contributed by atoms with van der Waals surface area (Å²) in [7, 11) is 5.18. The van der Waals surface area contributed by atoms with Crippen LogP contribution in [0.4, 0.5) is 16.4 Å². The molecule has 0 saturated heterocycles. The van der Waals surface area contributed by atoms with E-state index in [1.54, 1.807) is 53.4 Å². The van der Waals surface area contributed by atoms with Crippen LogP contribution in [0.3, 0.4) is 0 Å². The van der Waals surface area contributed by atoms with Gasteiger partial charge in [0.05, 0.1) is 18.8 Å². The van der Waals surface area contributed by atoms with Gasteiger partial charge in [-0.2, -0.15) is 0 Å². The van der Waals surface area contributed by atoms with E-state index in [-0.39, 0.29) is 18.2 Å². The summed E-state index contributed by atoms with van der Waals surface area (Å²) in [6.45, 7) is -0.0355. The predicted octanol–water partition coefficient (Wildman–Crippen LogP) is 4.63. The first-order chi connectivity index (χ1) is 18.3. The Morgan fingerprint density at radius 3 is 2.32 bits per heavy atom. The summed E-state index contributed by atoms with van der Waals surface area (Å²) in [5.41, 5.74) is 2.86. The highest BCUT2D eigenvalue weighted by atomic mass is 16.6. The topological polar surface area (TPSA) is 108 Å². The van der Waals surface area contributed by atoms with Gasteiger partial charge in [0, 0.05) is 38.0 Å². The lowest BCUT2D eigenvalue weighted by atomic mass is 10.1. The van der Waals surface area contributed by atoms with Gasteiger partial charge in [-0.05, 0) is 29.8 Å². The fourth-order valence-corrected chi connectivity index (χ4v) is 3.68. The van der Waals surface area contributed by atoms with Gasteiger partial charge in [0.25, 0.3) is 5.91 Å². The molecule has 0 aliphatic carbocycles. The first kappa shape index (κ1) is 26.3. The number of ether oxygens (including phenoxy) is 1. The van der Waals surface area contributed by atoms with Crippen molar-refractivity contribution in [2.24, 2.45) is 0 Å². The van der Waals surface area contributed by atoms with E-state index < -0.39 is 12.2 Å². The van der Waals surface area contributed by atoms with Crippen LogP contribution in [0.1, 0.15) is 22.0 Å². The number of hydrogen-bond donors (Lipinski definition) is 2. The zero-order valence-electron chi connectivity index (χ0n) is 21.4. The van der Waals surface area contributed by atoms with Crippen molar-refractivity contribution in [2.45, 2.75) is 6.10 Å². The minimum absolute atomic E-state index is 0.0355. The van der Waals surface area contributed by atoms with Crippen molar-refractivity contribution in [3.8, 4) is 17.0 Å². The number of carbonyl (C=O) groups excluding carboxylic acids is 2. The molecule has 3 aromatic carbocycles. The van der Waals surface area contributed by atoms with Crippen molar-refractivity contribution in [1.82, 2.24) is 14.9 Å². The molecule has 1 unspecified atom stereocenters. The standard InChI is InChI=1S/C29H29N5O4/c1-33(2)28-30-18-25(26(32-28)20-11-6-4-7-12-20)38-29(37)34(3)19-24(35)22-15-10-16-23(17-22)31-27(36)21-13-8-5-9-14-21/h4-18,24,35H,19H2,1-3H3,(H,31,36). The maximum Gasteiger partial charge on any atom is 0.415 e. The highest BCUT2D eigenvalue weighted by molar-refractivity contribution is 6.04. The third-order valence-corrected chi connectivity index (χ3v) is 5.71. The van der Waals surface area contributed by atoms with E-state index in [1.165, 1.54) is 18.1 Å². The number of likely N-dealkylation sites (N-methyl/N-ethyl adjacent to an activating group) is 1. The smallest absolute Gasteiger partial charge is 0.406 e. The molecule has 0 fully saturated rings. The summed E-state index contributed by atoms with van der Waals surface area (Å²) in [5.74, 6) is 0.431. The van der Waals surface area contributed by atoms with Crippen LogP contribution in [0, 0.1) is 0 Å². The second kappa shape index (κ2) is 12.0. The second-order valence-corrected chi connectivity index (χ2v) is 8.85. The minimum atomic E-state index is -1.01. The lowest BCUT2D eigenvalue weighted by Gasteiger charge is -2.22. The molecule has 4 rings (SSSR count). The maximum atomic E-state index is 12.9. The van der Waals surface area contributed by atoms with Gasteiger partial charge in [-0.15, -0.1) is 0 Å². The number of aromatic nitrogens is 2. The van der Waals surface area contributed by atoms with Crippen molar-refractivity contribution in [3.05, 3.63) is 102 Å². The summed E-state index contributed by atoms with van der Waals surface area (Å²) in [6, 6.07) is 25.1. The molecule has 2 N–H and O–H groups in total. The molecule has 9 heteroatoms. The lowest BCUT2D eigenvalue weighted by Crippen LogP contribution is -2.33. The highest BCUT2D eigenvalue weighted by Gasteiger charge is 2.21. The molecule has 1 heterocycles. The summed E-state index contributed by atoms with van der Waals surface area (Å²) in [5, 5.41) is 13.6. The third-order valence-electron chi connectivity index (χ3n) is 5.71. The lowest BCUT2D eigenvalue weighted by molar-refractivity contribution is 0.102. The number of benzene rings is 3. The van der Waals surface area contributed by atoms with Crippen molar-refractivity contribution in [1.29, 1.82) is 0 Å². The molecule has 0 saturated carbocycles. The molecule has 0 aliphatic rings. The number of anilines is 2. The summed E-state index contributed by atoms with van der Waals surface area (Å²) >= 11 is 0. The zero-order chi connectivity index (χ0) is 27.1. The quantitative estimate of drug-likeness (QED) is 0.355. The van der Waals surface area contributed by atoms with E-state index in [4.69, 9.17) is 4.74 Å². The summed E-state index contributed by atoms with van der Waals surface area (Å²) in [6.07, 6.45) is -0.218. The Bertz CT molecular complexity index is 1400. The first-order valence-corrected chi connectivity index (χ1v) is 12.0. The van der Waals surface area contributed by atoms with Crippen LogP contribution in [0.2, 0.25) is 0 Å². The molecule has 0 aliphatic heterocycles. The summed E-state index contributed by atoms with van der Waals surface area (Å²) < 4.78 is 5.63. The Hall–Kier alpha value is -4.76. The van der Waals surface area contributed by atoms with Crippen LogP contribution >= 0.6 is 0 Å². The van der Waals surface area contributed by atoms with E-state index in [1.807, 2.05) is 50.5 Å². The van der Waals surface area contributed by atoms with Gasteiger partial charge in [0.2, 0.25) is 5.95 Å². The summed E-state index contributed by atoms with van der Waals surface area (Å²) in [4.78, 5) is 37.3. The van der Waals surface area contributed by atoms with Crippen LogP contribution in [0.5, 0.6) is 5.75 Å². The molecule has 1 aromatic heterocycles. The van der Waals surface area contributed by atoms with Crippen molar-refractivity contribution >= 4 is 23.6 Å². The number of nitrogens with one attached hydrogen (secondary N) is 1. The molecule has 0 bridgehead atoms. The second-order valence-electron chi connectivity index (χ2n) is 8.85.